The lowest BCUT2D eigenvalue weighted by Crippen LogP contribution is -2.46. The smallest absolute Gasteiger partial charge is 0.0909 e. The number of nitrogens with two attached hydrogens (primary N) is 1. The van der Waals surface area contributed by atoms with Crippen LogP contribution in [0.3, 0.4) is 0 Å². The van der Waals surface area contributed by atoms with Crippen LogP contribution in [0, 0.1) is 0 Å². The molecule has 2 N–H and O–H groups in total. The van der Waals surface area contributed by atoms with Gasteiger partial charge in [0.2, 0.25) is 0 Å². The van der Waals surface area contributed by atoms with Gasteiger partial charge in [-0.25, -0.2) is 0 Å². The molecule has 0 aliphatic rings. The average molecular weight is 216 g/mol. The van der Waals surface area contributed by atoms with Crippen molar-refractivity contribution in [1.29, 1.82) is 0 Å². The van der Waals surface area contributed by atoms with Crippen LogP contribution in [0.1, 0.15) is 20.8 Å². The zero-order valence-electron chi connectivity index (χ0n) is 10.4. The van der Waals surface area contributed by atoms with Gasteiger partial charge >= 0.3 is 0 Å². The second-order valence-electron chi connectivity index (χ2n) is 3.83. The third-order valence-electron chi connectivity index (χ3n) is 2.54. The van der Waals surface area contributed by atoms with Gasteiger partial charge in [-0.2, -0.15) is 0 Å². The van der Waals surface area contributed by atoms with Crippen LogP contribution in [-0.4, -0.2) is 43.7 Å². The number of aliphatic carboxylic acids is 1. The Labute approximate surface area is 93.0 Å². The van der Waals surface area contributed by atoms with Crippen LogP contribution in [0.25, 0.3) is 0 Å². The van der Waals surface area contributed by atoms with Crippen molar-refractivity contribution >= 4 is 5.97 Å². The van der Waals surface area contributed by atoms with Gasteiger partial charge in [-0.3, -0.25) is 0 Å². The molecule has 0 aromatic heterocycles. The van der Waals surface area contributed by atoms with Gasteiger partial charge in [-0.15, -0.1) is 0 Å². The molecule has 90 valence electrons. The summed E-state index contributed by atoms with van der Waals surface area (Å²) in [6, 6.07) is 0. The van der Waals surface area contributed by atoms with E-state index in [0.29, 0.717) is 0 Å². The molecule has 0 atom stereocenters. The number of carboxylic acid groups (broad SMARTS) is 1. The van der Waals surface area contributed by atoms with E-state index < -0.39 is 5.97 Å². The molecule has 0 heterocycles. The van der Waals surface area contributed by atoms with Crippen molar-refractivity contribution < 1.29 is 14.4 Å². The summed E-state index contributed by atoms with van der Waals surface area (Å²) >= 11 is 0. The Morgan fingerprint density at radius 2 is 1.73 bits per heavy atom. The number of quaternary nitrogens is 1. The van der Waals surface area contributed by atoms with Crippen molar-refractivity contribution in [1.82, 2.24) is 0 Å². The second kappa shape index (κ2) is 8.44. The van der Waals surface area contributed by atoms with Crippen LogP contribution in [0.5, 0.6) is 0 Å². The molecular weight excluding hydrogens is 192 g/mol. The van der Waals surface area contributed by atoms with Crippen LogP contribution in [0.2, 0.25) is 0 Å². The Hall–Kier alpha value is -0.870. The summed E-state index contributed by atoms with van der Waals surface area (Å²) in [5.74, 6) is -1.19. The maximum Gasteiger partial charge on any atom is 0.0909 e. The SMILES string of the molecule is C=C(C)C(=O)[O-].CC[N+](C)(CC)CCN. The fraction of sp³-hybridized carbons (Fsp3) is 0.727. The molecule has 0 aromatic rings. The van der Waals surface area contributed by atoms with Gasteiger partial charge in [-0.05, 0) is 26.3 Å². The highest BCUT2D eigenvalue weighted by Gasteiger charge is 2.13. The number of hydrogen-bond acceptors (Lipinski definition) is 3. The van der Waals surface area contributed by atoms with Gasteiger partial charge in [0.05, 0.1) is 32.7 Å². The van der Waals surface area contributed by atoms with E-state index >= 15 is 0 Å². The van der Waals surface area contributed by atoms with Crippen LogP contribution in [-0.2, 0) is 4.79 Å². The number of likely N-dealkylation sites (N-methyl/N-ethyl adjacent to an activating group) is 1. The average Bonchev–Trinajstić information content (AvgIpc) is 2.19. The summed E-state index contributed by atoms with van der Waals surface area (Å²) in [5.41, 5.74) is 5.51. The summed E-state index contributed by atoms with van der Waals surface area (Å²) in [4.78, 5) is 9.49. The van der Waals surface area contributed by atoms with Crippen molar-refractivity contribution in [3.05, 3.63) is 12.2 Å². The maximum absolute atomic E-state index is 9.49. The van der Waals surface area contributed by atoms with Gasteiger partial charge in [0.1, 0.15) is 0 Å². The second-order valence-corrected chi connectivity index (χ2v) is 3.83. The molecule has 0 radical (unpaired) electrons. The van der Waals surface area contributed by atoms with E-state index in [1.165, 1.54) is 20.0 Å². The maximum atomic E-state index is 9.49. The normalized spacial score (nSPS) is 10.2. The van der Waals surface area contributed by atoms with Gasteiger partial charge in [-0.1, -0.05) is 6.58 Å². The fourth-order valence-corrected chi connectivity index (χ4v) is 0.852. The summed E-state index contributed by atoms with van der Waals surface area (Å²) in [6.07, 6.45) is 0. The molecular formula is C11H24N2O2. The topological polar surface area (TPSA) is 66.1 Å². The third-order valence-corrected chi connectivity index (χ3v) is 2.54. The molecule has 0 spiro atoms. The van der Waals surface area contributed by atoms with Gasteiger partial charge < -0.3 is 20.1 Å². The van der Waals surface area contributed by atoms with E-state index in [-0.39, 0.29) is 5.57 Å². The summed E-state index contributed by atoms with van der Waals surface area (Å²) < 4.78 is 1.11. The Kier molecular flexibility index (Phi) is 9.31. The number of carbonyl (C=O) groups excluding carboxylic acids is 1. The van der Waals surface area contributed by atoms with E-state index in [1.54, 1.807) is 0 Å². The highest BCUT2D eigenvalue weighted by molar-refractivity contribution is 5.82. The number of hydrogen-bond donors (Lipinski definition) is 1. The van der Waals surface area contributed by atoms with Crippen molar-refractivity contribution in [2.45, 2.75) is 20.8 Å². The lowest BCUT2D eigenvalue weighted by atomic mass is 10.4. The monoisotopic (exact) mass is 216 g/mol. The number of nitrogens with zero attached hydrogens (tertiary/aromatic N) is 1. The van der Waals surface area contributed by atoms with Crippen LogP contribution >= 0.6 is 0 Å². The number of carbonyl (C=O) groups is 1. The van der Waals surface area contributed by atoms with Crippen LogP contribution in [0.15, 0.2) is 12.2 Å². The van der Waals surface area contributed by atoms with E-state index in [2.05, 4.69) is 27.5 Å². The Bertz CT molecular complexity index is 187. The number of rotatable bonds is 5. The Morgan fingerprint density at radius 1 is 1.40 bits per heavy atom. The molecule has 0 saturated heterocycles. The van der Waals surface area contributed by atoms with E-state index in [9.17, 15) is 9.90 Å². The van der Waals surface area contributed by atoms with Crippen molar-refractivity contribution in [3.63, 3.8) is 0 Å². The lowest BCUT2D eigenvalue weighted by Gasteiger charge is -2.31. The van der Waals surface area contributed by atoms with Crippen molar-refractivity contribution in [2.24, 2.45) is 5.73 Å². The molecule has 0 fully saturated rings. The Morgan fingerprint density at radius 3 is 1.80 bits per heavy atom. The first-order chi connectivity index (χ1) is 6.82. The first kappa shape index (κ1) is 16.6. The molecule has 0 unspecified atom stereocenters. The van der Waals surface area contributed by atoms with Crippen molar-refractivity contribution in [2.75, 3.05) is 33.2 Å². The predicted molar refractivity (Wildman–Crippen MR) is 61.0 cm³/mol. The molecule has 4 nitrogen and oxygen atoms in total. The highest BCUT2D eigenvalue weighted by atomic mass is 16.4. The largest absolute Gasteiger partial charge is 0.545 e. The number of carboxylic acids is 1. The Balaban J connectivity index is 0. The zero-order valence-corrected chi connectivity index (χ0v) is 10.4. The summed E-state index contributed by atoms with van der Waals surface area (Å²) in [6.45, 7) is 13.2. The minimum Gasteiger partial charge on any atom is -0.545 e. The standard InChI is InChI=1S/C7H19N2.C4H6O2/c1-4-9(3,5-2)7-6-8;1-3(2)4(5)6/h4-8H2,1-3H3;1H2,2H3,(H,5,6)/q+1;/p-1. The van der Waals surface area contributed by atoms with Gasteiger partial charge in [0.25, 0.3) is 0 Å². The minimum absolute atomic E-state index is 0.0648. The molecule has 0 aliphatic heterocycles. The van der Waals surface area contributed by atoms with E-state index in [0.717, 1.165) is 17.6 Å². The molecule has 4 heteroatoms. The molecule has 15 heavy (non-hydrogen) atoms. The first-order valence-corrected chi connectivity index (χ1v) is 5.23. The first-order valence-electron chi connectivity index (χ1n) is 5.23. The van der Waals surface area contributed by atoms with Crippen LogP contribution in [0.4, 0.5) is 0 Å². The molecule has 0 aliphatic carbocycles. The zero-order chi connectivity index (χ0) is 12.5. The summed E-state index contributed by atoms with van der Waals surface area (Å²) in [5, 5.41) is 9.49. The molecule has 0 rings (SSSR count). The van der Waals surface area contributed by atoms with Gasteiger partial charge in [0.15, 0.2) is 0 Å². The molecule has 0 amide bonds. The van der Waals surface area contributed by atoms with Crippen LogP contribution < -0.4 is 10.8 Å². The fourth-order valence-electron chi connectivity index (χ4n) is 0.852. The summed E-state index contributed by atoms with van der Waals surface area (Å²) in [7, 11) is 2.24. The minimum atomic E-state index is -1.19. The lowest BCUT2D eigenvalue weighted by molar-refractivity contribution is -0.904. The van der Waals surface area contributed by atoms with E-state index in [4.69, 9.17) is 5.73 Å². The van der Waals surface area contributed by atoms with Crippen molar-refractivity contribution in [3.8, 4) is 0 Å². The van der Waals surface area contributed by atoms with E-state index in [1.807, 2.05) is 0 Å². The predicted octanol–water partition coefficient (Wildman–Crippen LogP) is -0.256. The quantitative estimate of drug-likeness (QED) is 0.509. The van der Waals surface area contributed by atoms with Gasteiger partial charge in [0, 0.05) is 6.54 Å². The molecule has 0 saturated carbocycles. The molecule has 0 aromatic carbocycles. The highest BCUT2D eigenvalue weighted by Crippen LogP contribution is 1.97. The molecule has 0 bridgehead atoms. The third kappa shape index (κ3) is 9.43.